The van der Waals surface area contributed by atoms with E-state index >= 15 is 0 Å². The molecule has 0 atom stereocenters. The van der Waals surface area contributed by atoms with Gasteiger partial charge in [-0.25, -0.2) is 4.98 Å². The molecule has 1 aliphatic heterocycles. The van der Waals surface area contributed by atoms with Crippen molar-refractivity contribution in [3.63, 3.8) is 0 Å². The third-order valence-electron chi connectivity index (χ3n) is 4.06. The molecule has 0 unspecified atom stereocenters. The highest BCUT2D eigenvalue weighted by atomic mass is 16.5. The Morgan fingerprint density at radius 1 is 1.14 bits per heavy atom. The maximum absolute atomic E-state index is 5.88. The molecule has 2 aromatic rings. The summed E-state index contributed by atoms with van der Waals surface area (Å²) in [5.41, 5.74) is 2.37. The fourth-order valence-electron chi connectivity index (χ4n) is 2.73. The topological polar surface area (TPSA) is 38.2 Å². The van der Waals surface area contributed by atoms with Gasteiger partial charge in [-0.1, -0.05) is 6.07 Å². The summed E-state index contributed by atoms with van der Waals surface area (Å²) in [5, 5.41) is 0. The normalized spacial score (nSPS) is 16.0. The van der Waals surface area contributed by atoms with Gasteiger partial charge in [0.1, 0.15) is 0 Å². The molecule has 21 heavy (non-hydrogen) atoms. The molecule has 4 heteroatoms. The summed E-state index contributed by atoms with van der Waals surface area (Å²) < 4.78 is 5.88. The zero-order chi connectivity index (χ0) is 14.5. The number of hydrogen-bond donors (Lipinski definition) is 0. The summed E-state index contributed by atoms with van der Waals surface area (Å²) >= 11 is 0. The molecular formula is C17H21N3O. The molecule has 0 radical (unpaired) electrons. The van der Waals surface area contributed by atoms with E-state index in [1.165, 1.54) is 5.69 Å². The van der Waals surface area contributed by atoms with Gasteiger partial charge in [-0.05, 0) is 43.9 Å². The largest absolute Gasteiger partial charge is 0.477 e. The lowest BCUT2D eigenvalue weighted by Gasteiger charge is -2.33. The van der Waals surface area contributed by atoms with E-state index in [0.29, 0.717) is 5.92 Å². The van der Waals surface area contributed by atoms with E-state index in [0.717, 1.165) is 44.0 Å². The molecular weight excluding hydrogens is 262 g/mol. The minimum atomic E-state index is 0.615. The summed E-state index contributed by atoms with van der Waals surface area (Å²) in [4.78, 5) is 10.8. The smallest absolute Gasteiger partial charge is 0.216 e. The summed E-state index contributed by atoms with van der Waals surface area (Å²) in [6.07, 6.45) is 7.82. The number of piperidine rings is 1. The molecule has 0 saturated carbocycles. The van der Waals surface area contributed by atoms with Crippen LogP contribution in [-0.2, 0) is 0 Å². The van der Waals surface area contributed by atoms with Crippen molar-refractivity contribution in [2.45, 2.75) is 19.8 Å². The lowest BCUT2D eigenvalue weighted by Crippen LogP contribution is -2.35. The third-order valence-corrected chi connectivity index (χ3v) is 4.06. The van der Waals surface area contributed by atoms with Crippen molar-refractivity contribution in [1.82, 2.24) is 9.97 Å². The third kappa shape index (κ3) is 3.51. The van der Waals surface area contributed by atoms with Crippen LogP contribution < -0.4 is 9.64 Å². The Bertz CT molecular complexity index is 565. The highest BCUT2D eigenvalue weighted by Crippen LogP contribution is 2.23. The van der Waals surface area contributed by atoms with Crippen molar-refractivity contribution in [2.24, 2.45) is 5.92 Å². The molecule has 0 spiro atoms. The summed E-state index contributed by atoms with van der Waals surface area (Å²) in [5.74, 6) is 1.39. The quantitative estimate of drug-likeness (QED) is 0.864. The van der Waals surface area contributed by atoms with Gasteiger partial charge >= 0.3 is 0 Å². The molecule has 3 heterocycles. The zero-order valence-corrected chi connectivity index (χ0v) is 12.4. The van der Waals surface area contributed by atoms with E-state index in [2.05, 4.69) is 27.0 Å². The van der Waals surface area contributed by atoms with Crippen LogP contribution in [0.2, 0.25) is 0 Å². The fraction of sp³-hybridized carbons (Fsp3) is 0.412. The molecule has 0 bridgehead atoms. The Morgan fingerprint density at radius 3 is 2.62 bits per heavy atom. The number of aryl methyl sites for hydroxylation is 1. The first-order chi connectivity index (χ1) is 10.3. The number of hydrogen-bond acceptors (Lipinski definition) is 4. The van der Waals surface area contributed by atoms with Crippen LogP contribution in [0.15, 0.2) is 42.9 Å². The maximum Gasteiger partial charge on any atom is 0.216 e. The maximum atomic E-state index is 5.88. The van der Waals surface area contributed by atoms with E-state index in [1.807, 2.05) is 31.5 Å². The number of nitrogens with zero attached hydrogens (tertiary/aromatic N) is 3. The van der Waals surface area contributed by atoms with Crippen molar-refractivity contribution in [2.75, 3.05) is 24.6 Å². The monoisotopic (exact) mass is 283 g/mol. The predicted octanol–water partition coefficient (Wildman–Crippen LogP) is 3.08. The lowest BCUT2D eigenvalue weighted by atomic mass is 9.97. The van der Waals surface area contributed by atoms with E-state index in [4.69, 9.17) is 4.74 Å². The predicted molar refractivity (Wildman–Crippen MR) is 83.6 cm³/mol. The second-order valence-corrected chi connectivity index (χ2v) is 5.57. The summed E-state index contributed by atoms with van der Waals surface area (Å²) in [6.45, 7) is 4.97. The van der Waals surface area contributed by atoms with Crippen LogP contribution in [0.25, 0.3) is 0 Å². The SMILES string of the molecule is Cc1cccnc1OCC1CCN(c2ccncc2)CC1. The molecule has 1 aliphatic rings. The molecule has 4 nitrogen and oxygen atoms in total. The highest BCUT2D eigenvalue weighted by Gasteiger charge is 2.20. The van der Waals surface area contributed by atoms with Crippen LogP contribution in [0.4, 0.5) is 5.69 Å². The van der Waals surface area contributed by atoms with Gasteiger partial charge < -0.3 is 9.64 Å². The molecule has 0 aromatic carbocycles. The van der Waals surface area contributed by atoms with E-state index in [-0.39, 0.29) is 0 Å². The second-order valence-electron chi connectivity index (χ2n) is 5.57. The van der Waals surface area contributed by atoms with Crippen molar-refractivity contribution < 1.29 is 4.74 Å². The van der Waals surface area contributed by atoms with Crippen molar-refractivity contribution in [3.8, 4) is 5.88 Å². The standard InChI is InChI=1S/C17H21N3O/c1-14-3-2-8-19-17(14)21-13-15-6-11-20(12-7-15)16-4-9-18-10-5-16/h2-5,8-10,15H,6-7,11-13H2,1H3. The molecule has 1 saturated heterocycles. The number of rotatable bonds is 4. The van der Waals surface area contributed by atoms with E-state index < -0.39 is 0 Å². The first kappa shape index (κ1) is 13.9. The molecule has 0 amide bonds. The average molecular weight is 283 g/mol. The van der Waals surface area contributed by atoms with Gasteiger partial charge in [-0.15, -0.1) is 0 Å². The van der Waals surface area contributed by atoms with Crippen LogP contribution in [0.3, 0.4) is 0 Å². The number of pyridine rings is 2. The van der Waals surface area contributed by atoms with Gasteiger partial charge in [-0.2, -0.15) is 0 Å². The minimum Gasteiger partial charge on any atom is -0.477 e. The molecule has 0 aliphatic carbocycles. The minimum absolute atomic E-state index is 0.615. The van der Waals surface area contributed by atoms with Crippen LogP contribution in [-0.4, -0.2) is 29.7 Å². The Hall–Kier alpha value is -2.10. The Balaban J connectivity index is 1.49. The van der Waals surface area contributed by atoms with Crippen molar-refractivity contribution >= 4 is 5.69 Å². The van der Waals surface area contributed by atoms with Gasteiger partial charge in [0.05, 0.1) is 6.61 Å². The van der Waals surface area contributed by atoms with Crippen LogP contribution >= 0.6 is 0 Å². The highest BCUT2D eigenvalue weighted by molar-refractivity contribution is 5.44. The first-order valence-corrected chi connectivity index (χ1v) is 7.52. The Labute approximate surface area is 125 Å². The van der Waals surface area contributed by atoms with E-state index in [1.54, 1.807) is 6.20 Å². The zero-order valence-electron chi connectivity index (χ0n) is 12.4. The average Bonchev–Trinajstić information content (AvgIpc) is 2.55. The van der Waals surface area contributed by atoms with Gasteiger partial charge in [0, 0.05) is 42.9 Å². The number of anilines is 1. The summed E-state index contributed by atoms with van der Waals surface area (Å²) in [6, 6.07) is 8.13. The van der Waals surface area contributed by atoms with Gasteiger partial charge in [0.25, 0.3) is 0 Å². The first-order valence-electron chi connectivity index (χ1n) is 7.52. The number of ether oxygens (including phenoxy) is 1. The molecule has 110 valence electrons. The fourth-order valence-corrected chi connectivity index (χ4v) is 2.73. The molecule has 2 aromatic heterocycles. The lowest BCUT2D eigenvalue weighted by molar-refractivity contribution is 0.215. The second kappa shape index (κ2) is 6.57. The van der Waals surface area contributed by atoms with Crippen molar-refractivity contribution in [1.29, 1.82) is 0 Å². The van der Waals surface area contributed by atoms with Gasteiger partial charge in [-0.3, -0.25) is 4.98 Å². The van der Waals surface area contributed by atoms with Crippen LogP contribution in [0.1, 0.15) is 18.4 Å². The molecule has 0 N–H and O–H groups in total. The van der Waals surface area contributed by atoms with Gasteiger partial charge in [0.15, 0.2) is 0 Å². The van der Waals surface area contributed by atoms with E-state index in [9.17, 15) is 0 Å². The number of aromatic nitrogens is 2. The Morgan fingerprint density at radius 2 is 1.90 bits per heavy atom. The van der Waals surface area contributed by atoms with Crippen LogP contribution in [0.5, 0.6) is 5.88 Å². The summed E-state index contributed by atoms with van der Waals surface area (Å²) in [7, 11) is 0. The van der Waals surface area contributed by atoms with Crippen LogP contribution in [0, 0.1) is 12.8 Å². The molecule has 1 fully saturated rings. The molecule has 3 rings (SSSR count). The Kier molecular flexibility index (Phi) is 4.34. The van der Waals surface area contributed by atoms with Gasteiger partial charge in [0.2, 0.25) is 5.88 Å². The van der Waals surface area contributed by atoms with Crippen molar-refractivity contribution in [3.05, 3.63) is 48.4 Å².